The minimum atomic E-state index is -1.21. The van der Waals surface area contributed by atoms with Gasteiger partial charge in [-0.1, -0.05) is 0 Å². The number of aliphatic hydroxyl groups is 3. The van der Waals surface area contributed by atoms with Crippen LogP contribution in [0.2, 0.25) is 0 Å². The van der Waals surface area contributed by atoms with E-state index in [9.17, 15) is 0 Å². The summed E-state index contributed by atoms with van der Waals surface area (Å²) in [5.74, 6) is 0. The molecular weight excluding hydrogens is 277 g/mol. The molecular formula is C13H23N2O3Sc. The number of para-hydroxylation sites is 1. The number of nitrogens with two attached hydrogens (primary N) is 1. The fraction of sp³-hybridized carbons (Fsp3) is 0.538. The van der Waals surface area contributed by atoms with Gasteiger partial charge in [-0.2, -0.15) is 0 Å². The second-order valence-corrected chi connectivity index (χ2v) is 5.20. The van der Waals surface area contributed by atoms with E-state index in [1.165, 1.54) is 15.4 Å². The number of aliphatic hydroxyl groups excluding tert-OH is 3. The van der Waals surface area contributed by atoms with E-state index in [1.807, 2.05) is 0 Å². The van der Waals surface area contributed by atoms with E-state index in [0.717, 1.165) is 0 Å². The van der Waals surface area contributed by atoms with Crippen LogP contribution in [0.3, 0.4) is 0 Å². The van der Waals surface area contributed by atoms with Gasteiger partial charge in [0.2, 0.25) is 0 Å². The van der Waals surface area contributed by atoms with Crippen molar-refractivity contribution in [1.29, 1.82) is 0 Å². The van der Waals surface area contributed by atoms with Gasteiger partial charge in [0.05, 0.1) is 25.4 Å². The molecule has 1 rings (SSSR count). The van der Waals surface area contributed by atoms with Gasteiger partial charge >= 0.3 is 83.1 Å². The Morgan fingerprint density at radius 3 is 1.84 bits per heavy atom. The van der Waals surface area contributed by atoms with Crippen LogP contribution in [0.15, 0.2) is 24.3 Å². The Morgan fingerprint density at radius 1 is 1.11 bits per heavy atom. The summed E-state index contributed by atoms with van der Waals surface area (Å²) in [7, 11) is 4.17. The van der Waals surface area contributed by atoms with Gasteiger partial charge in [-0.25, -0.2) is 0 Å². The van der Waals surface area contributed by atoms with Gasteiger partial charge < -0.3 is 21.1 Å². The Kier molecular flexibility index (Phi) is 9.47. The van der Waals surface area contributed by atoms with Crippen LogP contribution < -0.4 is 10.6 Å². The number of rotatable bonds is 5. The summed E-state index contributed by atoms with van der Waals surface area (Å²) < 4.78 is 1.17. The number of hydrogen-bond donors (Lipinski definition) is 4. The van der Waals surface area contributed by atoms with Gasteiger partial charge in [-0.05, 0) is 0 Å². The van der Waals surface area contributed by atoms with E-state index >= 15 is 0 Å². The van der Waals surface area contributed by atoms with Crippen LogP contribution in [0.4, 0.5) is 5.69 Å². The zero-order valence-electron chi connectivity index (χ0n) is 11.6. The van der Waals surface area contributed by atoms with Crippen molar-refractivity contribution in [1.82, 2.24) is 0 Å². The molecule has 0 bridgehead atoms. The molecule has 0 radical (unpaired) electrons. The number of nitrogens with zero attached hydrogens (tertiary/aromatic N) is 1. The molecule has 0 heterocycles. The molecule has 0 spiro atoms. The molecule has 0 aliphatic rings. The Balaban J connectivity index is 0.000000362. The maximum absolute atomic E-state index is 8.34. The van der Waals surface area contributed by atoms with E-state index in [-0.39, 0.29) is 0 Å². The van der Waals surface area contributed by atoms with E-state index in [4.69, 9.17) is 21.1 Å². The molecule has 0 saturated heterocycles. The van der Waals surface area contributed by atoms with Gasteiger partial charge in [0.1, 0.15) is 0 Å². The first-order chi connectivity index (χ1) is 8.94. The molecule has 0 aliphatic heterocycles. The van der Waals surface area contributed by atoms with Crippen LogP contribution in [0.25, 0.3) is 0 Å². The fourth-order valence-electron chi connectivity index (χ4n) is 1.27. The first kappa shape index (κ1) is 18.7. The molecule has 1 aromatic carbocycles. The van der Waals surface area contributed by atoms with E-state index < -0.39 is 25.4 Å². The number of anilines is 1. The molecule has 0 unspecified atom stereocenters. The molecule has 0 saturated carbocycles. The van der Waals surface area contributed by atoms with Crippen molar-refractivity contribution in [3.8, 4) is 0 Å². The summed E-state index contributed by atoms with van der Waals surface area (Å²) in [5, 5.41) is 25.0. The third kappa shape index (κ3) is 6.63. The summed E-state index contributed by atoms with van der Waals surface area (Å²) >= 11 is 1.76. The van der Waals surface area contributed by atoms with Crippen molar-refractivity contribution < 1.29 is 39.7 Å². The molecule has 0 aromatic heterocycles. The molecule has 6 heteroatoms. The first-order valence-electron chi connectivity index (χ1n) is 6.01. The minimum absolute atomic E-state index is 0.403. The number of hydrogen-bond acceptors (Lipinski definition) is 5. The molecule has 0 amide bonds. The normalized spacial score (nSPS) is 10.6. The molecule has 19 heavy (non-hydrogen) atoms. The quantitative estimate of drug-likeness (QED) is 0.586. The number of benzene rings is 1. The molecule has 1 aromatic rings. The third-order valence-electron chi connectivity index (χ3n) is 2.64. The fourth-order valence-corrected chi connectivity index (χ4v) is 1.81. The summed E-state index contributed by atoms with van der Waals surface area (Å²) in [4.78, 5) is 2.16. The maximum Gasteiger partial charge on any atom is 0.0856 e. The summed E-state index contributed by atoms with van der Waals surface area (Å²) in [6.07, 6.45) is 0. The summed E-state index contributed by atoms with van der Waals surface area (Å²) in [6.45, 7) is -1.21. The Labute approximate surface area is 129 Å². The van der Waals surface area contributed by atoms with Gasteiger partial charge in [-0.3, -0.25) is 0 Å². The van der Waals surface area contributed by atoms with Crippen molar-refractivity contribution in [2.24, 2.45) is 5.73 Å². The molecule has 5 nitrogen and oxygen atoms in total. The second-order valence-electron chi connectivity index (χ2n) is 4.56. The zero-order chi connectivity index (χ0) is 14.9. The van der Waals surface area contributed by atoms with Gasteiger partial charge in [0, 0.05) is 0 Å². The minimum Gasteiger partial charge on any atom is -0.394 e. The van der Waals surface area contributed by atoms with Gasteiger partial charge in [0.15, 0.2) is 0 Å². The summed E-state index contributed by atoms with van der Waals surface area (Å²) in [6, 6.07) is 8.54. The SMILES string of the molecule is CN(C)c1ccccc1[CH2][Sc].NC(CO)(CO)CO. The van der Waals surface area contributed by atoms with Crippen molar-refractivity contribution in [3.63, 3.8) is 0 Å². The summed E-state index contributed by atoms with van der Waals surface area (Å²) in [5.41, 5.74) is 6.72. The predicted octanol–water partition coefficient (Wildman–Crippen LogP) is -0.540. The average molecular weight is 300 g/mol. The second kappa shape index (κ2) is 9.61. The third-order valence-corrected chi connectivity index (χ3v) is 3.32. The largest absolute Gasteiger partial charge is 0.394 e. The van der Waals surface area contributed by atoms with Crippen LogP contribution >= 0.6 is 0 Å². The predicted molar refractivity (Wildman–Crippen MR) is 72.6 cm³/mol. The van der Waals surface area contributed by atoms with Gasteiger partial charge in [0.25, 0.3) is 0 Å². The van der Waals surface area contributed by atoms with Gasteiger partial charge in [-0.15, -0.1) is 0 Å². The topological polar surface area (TPSA) is 90.0 Å². The Hall–Kier alpha value is -0.270. The Bertz CT molecular complexity index is 349. The molecule has 106 valence electrons. The van der Waals surface area contributed by atoms with Crippen LogP contribution in [-0.2, 0) is 28.6 Å². The maximum atomic E-state index is 8.34. The smallest absolute Gasteiger partial charge is 0.0856 e. The van der Waals surface area contributed by atoms with E-state index in [1.54, 1.807) is 24.4 Å². The molecule has 0 aliphatic carbocycles. The monoisotopic (exact) mass is 300 g/mol. The molecule has 0 atom stereocenters. The molecule has 0 fully saturated rings. The Morgan fingerprint density at radius 2 is 1.58 bits per heavy atom. The van der Waals surface area contributed by atoms with E-state index in [2.05, 4.69) is 43.3 Å². The first-order valence-corrected chi connectivity index (χ1v) is 7.28. The van der Waals surface area contributed by atoms with Crippen molar-refractivity contribution in [3.05, 3.63) is 29.8 Å². The zero-order valence-corrected chi connectivity index (χ0v) is 13.4. The average Bonchev–Trinajstić information content (AvgIpc) is 2.47. The van der Waals surface area contributed by atoms with E-state index in [0.29, 0.717) is 0 Å². The van der Waals surface area contributed by atoms with Crippen molar-refractivity contribution in [2.75, 3.05) is 38.8 Å². The van der Waals surface area contributed by atoms with Crippen LogP contribution in [0, 0.1) is 0 Å². The molecule has 5 N–H and O–H groups in total. The van der Waals surface area contributed by atoms with Crippen molar-refractivity contribution in [2.45, 2.75) is 9.72 Å². The van der Waals surface area contributed by atoms with Crippen LogP contribution in [-0.4, -0.2) is 54.8 Å². The standard InChI is InChI=1S/C9H12N.C4H11NO3.Sc/c1-8-6-4-5-7-9(8)10(2)3;5-4(1-6,2-7)3-8;/h4-7H,1H2,2-3H3;6-8H,1-3,5H2;. The van der Waals surface area contributed by atoms with Crippen molar-refractivity contribution >= 4 is 5.69 Å². The van der Waals surface area contributed by atoms with Crippen LogP contribution in [0.5, 0.6) is 0 Å². The van der Waals surface area contributed by atoms with Crippen LogP contribution in [0.1, 0.15) is 5.56 Å².